The molecule has 1 saturated heterocycles. The maximum absolute atomic E-state index is 14.1. The second-order valence-electron chi connectivity index (χ2n) is 10.6. The summed E-state index contributed by atoms with van der Waals surface area (Å²) in [6, 6.07) is 16.0. The molecule has 0 aromatic heterocycles. The van der Waals surface area contributed by atoms with Crippen molar-refractivity contribution >= 4 is 34.2 Å². The zero-order valence-corrected chi connectivity index (χ0v) is 21.6. The first-order valence-corrected chi connectivity index (χ1v) is 12.7. The third kappa shape index (κ3) is 4.18. The largest absolute Gasteiger partial charge is 0.330 e. The van der Waals surface area contributed by atoms with Crippen molar-refractivity contribution in [1.29, 1.82) is 0 Å². The minimum absolute atomic E-state index is 0.0770. The number of rotatable bonds is 5. The number of anilines is 1. The van der Waals surface area contributed by atoms with Gasteiger partial charge in [0.05, 0.1) is 6.42 Å². The van der Waals surface area contributed by atoms with Crippen molar-refractivity contribution in [3.05, 3.63) is 89.0 Å². The molecule has 2 aliphatic rings. The minimum Gasteiger partial charge on any atom is -0.330 e. The summed E-state index contributed by atoms with van der Waals surface area (Å²) in [6.07, 6.45) is -0.227. The Morgan fingerprint density at radius 3 is 2.63 bits per heavy atom. The van der Waals surface area contributed by atoms with E-state index in [2.05, 4.69) is 10.2 Å². The summed E-state index contributed by atoms with van der Waals surface area (Å²) < 4.78 is 13.8. The normalized spacial score (nSPS) is 20.9. The highest BCUT2D eigenvalue weighted by Gasteiger charge is 2.59. The average molecular weight is 513 g/mol. The van der Waals surface area contributed by atoms with Gasteiger partial charge in [-0.3, -0.25) is 24.1 Å². The zero-order valence-electron chi connectivity index (χ0n) is 21.6. The van der Waals surface area contributed by atoms with Crippen molar-refractivity contribution in [1.82, 2.24) is 9.80 Å². The van der Waals surface area contributed by atoms with E-state index in [4.69, 9.17) is 6.57 Å². The van der Waals surface area contributed by atoms with Crippen molar-refractivity contribution in [2.75, 3.05) is 18.9 Å². The van der Waals surface area contributed by atoms with E-state index < -0.39 is 23.4 Å². The van der Waals surface area contributed by atoms with Gasteiger partial charge in [-0.15, -0.1) is 0 Å². The van der Waals surface area contributed by atoms with E-state index in [1.807, 2.05) is 38.1 Å². The lowest BCUT2D eigenvalue weighted by atomic mass is 9.80. The predicted octanol–water partition coefficient (Wildman–Crippen LogP) is 4.83. The van der Waals surface area contributed by atoms with Crippen LogP contribution in [0, 0.1) is 18.3 Å². The van der Waals surface area contributed by atoms with Crippen molar-refractivity contribution < 1.29 is 18.8 Å². The summed E-state index contributed by atoms with van der Waals surface area (Å²) in [5.41, 5.74) is 0.849. The Hall–Kier alpha value is -4.25. The second kappa shape index (κ2) is 9.56. The van der Waals surface area contributed by atoms with Gasteiger partial charge in [0.15, 0.2) is 0 Å². The van der Waals surface area contributed by atoms with Crippen LogP contribution in [-0.2, 0) is 15.0 Å². The number of carbonyl (C=O) groups is 3. The van der Waals surface area contributed by atoms with E-state index in [-0.39, 0.29) is 36.6 Å². The molecule has 3 atom stereocenters. The van der Waals surface area contributed by atoms with Crippen molar-refractivity contribution in [3.63, 3.8) is 0 Å². The molecular formula is C30H29FN4O3. The topological polar surface area (TPSA) is 74.1 Å². The first kappa shape index (κ1) is 25.4. The summed E-state index contributed by atoms with van der Waals surface area (Å²) in [7, 11) is 1.58. The number of likely N-dealkylation sites (N-methyl/N-ethyl adjacent to an activating group) is 1. The molecule has 3 aromatic rings. The van der Waals surface area contributed by atoms with Gasteiger partial charge >= 0.3 is 6.17 Å². The molecule has 38 heavy (non-hydrogen) atoms. The number of halogens is 1. The van der Waals surface area contributed by atoms with Crippen molar-refractivity contribution in [2.24, 2.45) is 5.92 Å². The summed E-state index contributed by atoms with van der Waals surface area (Å²) in [5.74, 6) is -1.24. The Morgan fingerprint density at radius 2 is 1.89 bits per heavy atom. The van der Waals surface area contributed by atoms with Gasteiger partial charge in [0.1, 0.15) is 17.3 Å². The maximum atomic E-state index is 14.1. The van der Waals surface area contributed by atoms with Crippen LogP contribution in [0.15, 0.2) is 60.7 Å². The standard InChI is InChI=1S/C30H29FN4O3/c1-18(2)13-25(34(4)27(36)20-10-9-19-11-12-22(31)15-21(19)14-20)28(37)35-17-30(16-26(35)32-3)23-7-5-6-8-24(23)33-29(30)38/h5-12,14-15,18,25-26H,13,16-17H2,1-2,4H3,(H,33,38)/t25-,26-,30-/m0/s1. The summed E-state index contributed by atoms with van der Waals surface area (Å²) in [4.78, 5) is 47.4. The van der Waals surface area contributed by atoms with Crippen LogP contribution < -0.4 is 5.32 Å². The average Bonchev–Trinajstić information content (AvgIpc) is 3.43. The maximum Gasteiger partial charge on any atom is 0.302 e. The molecule has 3 aromatic carbocycles. The van der Waals surface area contributed by atoms with Crippen LogP contribution in [0.2, 0.25) is 0 Å². The first-order chi connectivity index (χ1) is 18.1. The third-order valence-electron chi connectivity index (χ3n) is 7.71. The lowest BCUT2D eigenvalue weighted by Gasteiger charge is -2.32. The zero-order chi connectivity index (χ0) is 27.2. The number of likely N-dealkylation sites (tertiary alicyclic amines) is 1. The molecule has 2 aliphatic heterocycles. The van der Waals surface area contributed by atoms with Gasteiger partial charge in [0.2, 0.25) is 5.91 Å². The fraction of sp³-hybridized carbons (Fsp3) is 0.333. The third-order valence-corrected chi connectivity index (χ3v) is 7.71. The minimum atomic E-state index is -0.991. The number of nitrogens with zero attached hydrogens (tertiary/aromatic N) is 3. The highest BCUT2D eigenvalue weighted by molar-refractivity contribution is 6.07. The molecule has 2 heterocycles. The molecule has 0 saturated carbocycles. The van der Waals surface area contributed by atoms with E-state index >= 15 is 0 Å². The van der Waals surface area contributed by atoms with E-state index in [1.54, 1.807) is 31.3 Å². The molecule has 0 radical (unpaired) electrons. The second-order valence-corrected chi connectivity index (χ2v) is 10.6. The SMILES string of the molecule is [C-]#[N+][C@@H]1C[C@@]2(CN1C(=O)[C@H](CC(C)C)N(C)C(=O)c1ccc3ccc(F)cc3c1)C(=O)Nc1ccccc12. The smallest absolute Gasteiger partial charge is 0.302 e. The van der Waals surface area contributed by atoms with Crippen LogP contribution in [0.25, 0.3) is 15.6 Å². The molecule has 1 N–H and O–H groups in total. The van der Waals surface area contributed by atoms with E-state index in [9.17, 15) is 18.8 Å². The number of nitrogens with one attached hydrogen (secondary N) is 1. The number of para-hydroxylation sites is 1. The number of benzene rings is 3. The highest BCUT2D eigenvalue weighted by Crippen LogP contribution is 2.47. The molecular weight excluding hydrogens is 483 g/mol. The molecule has 5 rings (SSSR count). The molecule has 0 aliphatic carbocycles. The van der Waals surface area contributed by atoms with Crippen molar-refractivity contribution in [3.8, 4) is 0 Å². The first-order valence-electron chi connectivity index (χ1n) is 12.7. The molecule has 194 valence electrons. The van der Waals surface area contributed by atoms with E-state index in [1.165, 1.54) is 21.9 Å². The Labute approximate surface area is 221 Å². The molecule has 0 unspecified atom stereocenters. The van der Waals surface area contributed by atoms with Crippen LogP contribution in [0.4, 0.5) is 10.1 Å². The van der Waals surface area contributed by atoms with Gasteiger partial charge in [-0.1, -0.05) is 44.2 Å². The van der Waals surface area contributed by atoms with Crippen molar-refractivity contribution in [2.45, 2.75) is 44.3 Å². The fourth-order valence-corrected chi connectivity index (χ4v) is 5.71. The van der Waals surface area contributed by atoms with Crippen LogP contribution in [0.1, 0.15) is 42.6 Å². The predicted molar refractivity (Wildman–Crippen MR) is 143 cm³/mol. The van der Waals surface area contributed by atoms with E-state index in [0.717, 1.165) is 10.9 Å². The fourth-order valence-electron chi connectivity index (χ4n) is 5.71. The van der Waals surface area contributed by atoms with Crippen LogP contribution >= 0.6 is 0 Å². The van der Waals surface area contributed by atoms with Crippen LogP contribution in [0.5, 0.6) is 0 Å². The molecule has 3 amide bonds. The number of amides is 3. The number of hydrogen-bond acceptors (Lipinski definition) is 3. The van der Waals surface area contributed by atoms with Gasteiger partial charge < -0.3 is 10.2 Å². The van der Waals surface area contributed by atoms with Gasteiger partial charge in [-0.05, 0) is 59.0 Å². The summed E-state index contributed by atoms with van der Waals surface area (Å²) in [6.45, 7) is 11.8. The van der Waals surface area contributed by atoms with E-state index in [0.29, 0.717) is 23.1 Å². The Bertz CT molecular complexity index is 1500. The van der Waals surface area contributed by atoms with Gasteiger partial charge in [-0.25, -0.2) is 11.0 Å². The summed E-state index contributed by atoms with van der Waals surface area (Å²) in [5, 5.41) is 4.30. The molecule has 7 nitrogen and oxygen atoms in total. The van der Waals surface area contributed by atoms with Crippen LogP contribution in [0.3, 0.4) is 0 Å². The number of hydrogen-bond donors (Lipinski definition) is 1. The van der Waals surface area contributed by atoms with Gasteiger partial charge in [0, 0.05) is 24.8 Å². The Kier molecular flexibility index (Phi) is 6.39. The quantitative estimate of drug-likeness (QED) is 0.498. The highest BCUT2D eigenvalue weighted by atomic mass is 19.1. The molecule has 1 fully saturated rings. The molecule has 8 heteroatoms. The Morgan fingerprint density at radius 1 is 1.16 bits per heavy atom. The van der Waals surface area contributed by atoms with Gasteiger partial charge in [0.25, 0.3) is 11.8 Å². The monoisotopic (exact) mass is 512 g/mol. The summed E-state index contributed by atoms with van der Waals surface area (Å²) >= 11 is 0. The van der Waals surface area contributed by atoms with Gasteiger partial charge in [-0.2, -0.15) is 0 Å². The number of fused-ring (bicyclic) bond motifs is 3. The number of carbonyl (C=O) groups excluding carboxylic acids is 3. The Balaban J connectivity index is 1.46. The lowest BCUT2D eigenvalue weighted by molar-refractivity contribution is -0.136. The van der Waals surface area contributed by atoms with Crippen LogP contribution in [-0.4, -0.2) is 53.3 Å². The molecule has 0 bridgehead atoms. The lowest BCUT2D eigenvalue weighted by Crippen LogP contribution is -2.51. The molecule has 1 spiro atoms.